The molecule has 0 aliphatic heterocycles. The summed E-state index contributed by atoms with van der Waals surface area (Å²) in [5.74, 6) is -0.843. The second-order valence-electron chi connectivity index (χ2n) is 7.52. The number of nitrogens with one attached hydrogen (secondary N) is 3. The number of amides is 3. The number of anilines is 1. The normalized spacial score (nSPS) is 10.7. The molecule has 0 fully saturated rings. The standard InChI is InChI=1S/C25H24ClIN4O6/c1-3-35-21-10-16(12-29-31-25(34)24(33)28-13-18-5-4-8-36-18)9-19(27)23(21)37-14-22(32)30-20-11-17(26)7-6-15(20)2/h4-12H,3,13-14H2,1-2H3,(H,28,33)(H,30,32)(H,31,34)/b29-12-. The molecule has 10 nitrogen and oxygen atoms in total. The van der Waals surface area contributed by atoms with Gasteiger partial charge in [-0.05, 0) is 84.0 Å². The molecule has 2 aromatic carbocycles. The number of nitrogens with zero attached hydrogens (tertiary/aromatic N) is 1. The first-order valence-corrected chi connectivity index (χ1v) is 12.5. The molecule has 0 saturated carbocycles. The number of rotatable bonds is 10. The fraction of sp³-hybridized carbons (Fsp3) is 0.200. The van der Waals surface area contributed by atoms with E-state index in [-0.39, 0.29) is 19.1 Å². The smallest absolute Gasteiger partial charge is 0.329 e. The lowest BCUT2D eigenvalue weighted by Crippen LogP contribution is -2.37. The number of halogens is 2. The molecule has 1 aromatic heterocycles. The molecular weight excluding hydrogens is 615 g/mol. The number of hydrogen-bond donors (Lipinski definition) is 3. The van der Waals surface area contributed by atoms with Crippen LogP contribution in [-0.4, -0.2) is 37.1 Å². The van der Waals surface area contributed by atoms with Gasteiger partial charge in [-0.3, -0.25) is 14.4 Å². The Kier molecular flexibility index (Phi) is 10.3. The highest BCUT2D eigenvalue weighted by Gasteiger charge is 2.15. The van der Waals surface area contributed by atoms with Gasteiger partial charge >= 0.3 is 11.8 Å². The van der Waals surface area contributed by atoms with E-state index in [1.54, 1.807) is 36.4 Å². The van der Waals surface area contributed by atoms with Gasteiger partial charge in [0, 0.05) is 10.7 Å². The molecule has 12 heteroatoms. The van der Waals surface area contributed by atoms with Crippen molar-refractivity contribution in [3.8, 4) is 11.5 Å². The van der Waals surface area contributed by atoms with Crippen LogP contribution in [0.15, 0.2) is 58.2 Å². The van der Waals surface area contributed by atoms with E-state index in [0.29, 0.717) is 43.7 Å². The van der Waals surface area contributed by atoms with Crippen molar-refractivity contribution < 1.29 is 28.3 Å². The first kappa shape index (κ1) is 28.0. The van der Waals surface area contributed by atoms with E-state index in [4.69, 9.17) is 25.5 Å². The zero-order valence-corrected chi connectivity index (χ0v) is 22.9. The van der Waals surface area contributed by atoms with E-state index in [2.05, 4.69) is 21.2 Å². The van der Waals surface area contributed by atoms with Crippen LogP contribution in [-0.2, 0) is 20.9 Å². The Balaban J connectivity index is 1.60. The summed E-state index contributed by atoms with van der Waals surface area (Å²) in [6.45, 7) is 3.86. The summed E-state index contributed by atoms with van der Waals surface area (Å²) in [7, 11) is 0. The number of aryl methyl sites for hydroxylation is 1. The minimum absolute atomic E-state index is 0.0804. The first-order valence-electron chi connectivity index (χ1n) is 11.1. The van der Waals surface area contributed by atoms with Gasteiger partial charge in [-0.25, -0.2) is 5.43 Å². The third kappa shape index (κ3) is 8.50. The van der Waals surface area contributed by atoms with Gasteiger partial charge in [-0.2, -0.15) is 5.10 Å². The number of ether oxygens (including phenoxy) is 2. The number of hydrogen-bond acceptors (Lipinski definition) is 7. The van der Waals surface area contributed by atoms with Gasteiger partial charge in [-0.1, -0.05) is 17.7 Å². The van der Waals surface area contributed by atoms with E-state index >= 15 is 0 Å². The van der Waals surface area contributed by atoms with Crippen molar-refractivity contribution in [1.29, 1.82) is 0 Å². The lowest BCUT2D eigenvalue weighted by molar-refractivity contribution is -0.139. The zero-order valence-electron chi connectivity index (χ0n) is 20.0. The quantitative estimate of drug-likeness (QED) is 0.133. The zero-order chi connectivity index (χ0) is 26.8. The molecule has 0 bridgehead atoms. The largest absolute Gasteiger partial charge is 0.490 e. The SMILES string of the molecule is CCOc1cc(/C=N\NC(=O)C(=O)NCc2ccco2)cc(I)c1OCC(=O)Nc1cc(Cl)ccc1C. The van der Waals surface area contributed by atoms with Gasteiger partial charge in [-0.15, -0.1) is 0 Å². The fourth-order valence-corrected chi connectivity index (χ4v) is 3.95. The van der Waals surface area contributed by atoms with Crippen LogP contribution >= 0.6 is 34.2 Å². The van der Waals surface area contributed by atoms with Gasteiger partial charge in [0.15, 0.2) is 18.1 Å². The van der Waals surface area contributed by atoms with E-state index in [0.717, 1.165) is 5.56 Å². The Hall–Kier alpha value is -3.58. The Bertz CT molecular complexity index is 1300. The number of furan rings is 1. The summed E-state index contributed by atoms with van der Waals surface area (Å²) in [6.07, 6.45) is 2.83. The molecule has 37 heavy (non-hydrogen) atoms. The third-order valence-electron chi connectivity index (χ3n) is 4.74. The molecule has 0 radical (unpaired) electrons. The van der Waals surface area contributed by atoms with Gasteiger partial charge < -0.3 is 24.5 Å². The van der Waals surface area contributed by atoms with Crippen LogP contribution < -0.4 is 25.5 Å². The Morgan fingerprint density at radius 2 is 1.95 bits per heavy atom. The molecule has 0 aliphatic rings. The molecule has 0 atom stereocenters. The Morgan fingerprint density at radius 3 is 2.68 bits per heavy atom. The molecule has 0 unspecified atom stereocenters. The van der Waals surface area contributed by atoms with Crippen molar-refractivity contribution in [3.63, 3.8) is 0 Å². The van der Waals surface area contributed by atoms with Crippen molar-refractivity contribution in [2.75, 3.05) is 18.5 Å². The van der Waals surface area contributed by atoms with Gasteiger partial charge in [0.05, 0.1) is 29.2 Å². The topological polar surface area (TPSA) is 131 Å². The lowest BCUT2D eigenvalue weighted by atomic mass is 10.2. The first-order chi connectivity index (χ1) is 17.8. The molecule has 194 valence electrons. The van der Waals surface area contributed by atoms with Crippen LogP contribution in [0.4, 0.5) is 5.69 Å². The molecule has 3 N–H and O–H groups in total. The fourth-order valence-electron chi connectivity index (χ4n) is 3.00. The minimum Gasteiger partial charge on any atom is -0.490 e. The van der Waals surface area contributed by atoms with Crippen LogP contribution in [0.1, 0.15) is 23.8 Å². The monoisotopic (exact) mass is 638 g/mol. The lowest BCUT2D eigenvalue weighted by Gasteiger charge is -2.15. The second kappa shape index (κ2) is 13.7. The summed E-state index contributed by atoms with van der Waals surface area (Å²) in [5, 5.41) is 9.55. The molecule has 0 spiro atoms. The molecular formula is C25H24ClIN4O6. The number of hydrazone groups is 1. The summed E-state index contributed by atoms with van der Waals surface area (Å²) in [5.41, 5.74) is 4.22. The van der Waals surface area contributed by atoms with Crippen LogP contribution in [0.2, 0.25) is 5.02 Å². The number of carbonyl (C=O) groups is 3. The van der Waals surface area contributed by atoms with Crippen LogP contribution in [0.3, 0.4) is 0 Å². The highest BCUT2D eigenvalue weighted by Crippen LogP contribution is 2.34. The predicted molar refractivity (Wildman–Crippen MR) is 147 cm³/mol. The van der Waals surface area contributed by atoms with Gasteiger partial charge in [0.25, 0.3) is 5.91 Å². The Morgan fingerprint density at radius 1 is 1.14 bits per heavy atom. The predicted octanol–water partition coefficient (Wildman–Crippen LogP) is 4.03. The third-order valence-corrected chi connectivity index (χ3v) is 5.78. The summed E-state index contributed by atoms with van der Waals surface area (Å²) in [4.78, 5) is 36.3. The maximum Gasteiger partial charge on any atom is 0.329 e. The highest BCUT2D eigenvalue weighted by atomic mass is 127. The molecule has 1 heterocycles. The van der Waals surface area contributed by atoms with Crippen molar-refractivity contribution in [2.24, 2.45) is 5.10 Å². The second-order valence-corrected chi connectivity index (χ2v) is 9.12. The molecule has 3 rings (SSSR count). The van der Waals surface area contributed by atoms with Gasteiger partial charge in [0.1, 0.15) is 5.76 Å². The van der Waals surface area contributed by atoms with Crippen LogP contribution in [0.5, 0.6) is 11.5 Å². The van der Waals surface area contributed by atoms with Crippen molar-refractivity contribution in [1.82, 2.24) is 10.7 Å². The molecule has 3 amide bonds. The minimum atomic E-state index is -0.927. The number of carbonyl (C=O) groups excluding carboxylic acids is 3. The Labute approximate surface area is 231 Å². The van der Waals surface area contributed by atoms with E-state index < -0.39 is 11.8 Å². The van der Waals surface area contributed by atoms with Crippen LogP contribution in [0.25, 0.3) is 0 Å². The molecule has 3 aromatic rings. The molecule has 0 saturated heterocycles. The van der Waals surface area contributed by atoms with Gasteiger partial charge in [0.2, 0.25) is 0 Å². The summed E-state index contributed by atoms with van der Waals surface area (Å²) in [6, 6.07) is 11.9. The van der Waals surface area contributed by atoms with Crippen LogP contribution in [0, 0.1) is 10.5 Å². The highest BCUT2D eigenvalue weighted by molar-refractivity contribution is 14.1. The van der Waals surface area contributed by atoms with Crippen molar-refractivity contribution >= 4 is 63.8 Å². The average molecular weight is 639 g/mol. The van der Waals surface area contributed by atoms with Crippen molar-refractivity contribution in [3.05, 3.63) is 74.2 Å². The molecule has 0 aliphatic carbocycles. The number of benzene rings is 2. The van der Waals surface area contributed by atoms with E-state index in [1.165, 1.54) is 12.5 Å². The van der Waals surface area contributed by atoms with E-state index in [9.17, 15) is 14.4 Å². The summed E-state index contributed by atoms with van der Waals surface area (Å²) < 4.78 is 17.2. The van der Waals surface area contributed by atoms with Crippen molar-refractivity contribution in [2.45, 2.75) is 20.4 Å². The summed E-state index contributed by atoms with van der Waals surface area (Å²) >= 11 is 8.06. The maximum atomic E-state index is 12.4. The maximum absolute atomic E-state index is 12.4. The average Bonchev–Trinajstić information content (AvgIpc) is 3.38. The van der Waals surface area contributed by atoms with E-state index in [1.807, 2.05) is 42.5 Å².